The van der Waals surface area contributed by atoms with E-state index in [1.807, 2.05) is 0 Å². The van der Waals surface area contributed by atoms with Crippen molar-refractivity contribution >= 4 is 41.7 Å². The first-order valence-electron chi connectivity index (χ1n) is 9.61. The van der Waals surface area contributed by atoms with Crippen LogP contribution >= 0.6 is 35.7 Å². The molecule has 2 saturated heterocycles. The van der Waals surface area contributed by atoms with Crippen molar-refractivity contribution in [3.63, 3.8) is 0 Å². The van der Waals surface area contributed by atoms with Crippen molar-refractivity contribution in [2.24, 2.45) is 16.3 Å². The van der Waals surface area contributed by atoms with Gasteiger partial charge in [-0.05, 0) is 44.8 Å². The highest BCUT2D eigenvalue weighted by Gasteiger charge is 2.65. The van der Waals surface area contributed by atoms with Crippen LogP contribution in [0.2, 0.25) is 0 Å². The van der Waals surface area contributed by atoms with Crippen molar-refractivity contribution in [2.45, 2.75) is 69.3 Å². The molecule has 0 aromatic carbocycles. The fourth-order valence-corrected chi connectivity index (χ4v) is 6.53. The van der Waals surface area contributed by atoms with Gasteiger partial charge in [-0.25, -0.2) is 0 Å². The van der Waals surface area contributed by atoms with E-state index in [0.29, 0.717) is 23.5 Å². The highest BCUT2D eigenvalue weighted by molar-refractivity contribution is 14.0. The molecule has 1 spiro atoms. The summed E-state index contributed by atoms with van der Waals surface area (Å²) in [5, 5.41) is 8.04. The zero-order valence-corrected chi connectivity index (χ0v) is 17.9. The van der Waals surface area contributed by atoms with Crippen molar-refractivity contribution < 1.29 is 4.74 Å². The second-order valence-corrected chi connectivity index (χ2v) is 9.07. The third kappa shape index (κ3) is 3.43. The highest BCUT2D eigenvalue weighted by atomic mass is 127. The van der Waals surface area contributed by atoms with E-state index in [2.05, 4.69) is 29.3 Å². The van der Waals surface area contributed by atoms with Crippen LogP contribution in [0, 0.1) is 11.3 Å². The van der Waals surface area contributed by atoms with Gasteiger partial charge in [-0.2, -0.15) is 11.8 Å². The Morgan fingerprint density at radius 2 is 2.08 bits per heavy atom. The van der Waals surface area contributed by atoms with Crippen molar-refractivity contribution in [3.8, 4) is 0 Å². The smallest absolute Gasteiger partial charge is 0.191 e. The first kappa shape index (κ1) is 19.1. The van der Waals surface area contributed by atoms with Crippen LogP contribution < -0.4 is 10.6 Å². The highest BCUT2D eigenvalue weighted by Crippen LogP contribution is 2.60. The molecule has 2 aliphatic carbocycles. The number of hydrogen-bond acceptors (Lipinski definition) is 3. The van der Waals surface area contributed by atoms with Crippen LogP contribution in [0.15, 0.2) is 4.99 Å². The first-order valence-corrected chi connectivity index (χ1v) is 10.7. The molecule has 2 heterocycles. The number of fused-ring (bicyclic) bond motifs is 2. The normalized spacial score (nSPS) is 37.0. The van der Waals surface area contributed by atoms with Crippen LogP contribution in [0.1, 0.15) is 51.9 Å². The van der Waals surface area contributed by atoms with Gasteiger partial charge in [-0.15, -0.1) is 24.0 Å². The van der Waals surface area contributed by atoms with Crippen LogP contribution in [0.3, 0.4) is 0 Å². The molecule has 4 atom stereocenters. The van der Waals surface area contributed by atoms with Gasteiger partial charge in [0.1, 0.15) is 0 Å². The Kier molecular flexibility index (Phi) is 6.63. The molecule has 2 saturated carbocycles. The molecule has 0 aromatic heterocycles. The number of rotatable bonds is 4. The standard InChI is InChI=1S/C18H31N3OS.HI/c1-2-19-17(20-12-13-6-5-11-23-13)21-15-14-7-10-22-16(14)18(15)8-3-4-9-18;/h13-16H,2-12H2,1H3,(H2,19,20,21);1H. The lowest BCUT2D eigenvalue weighted by Gasteiger charge is -2.57. The van der Waals surface area contributed by atoms with E-state index in [-0.39, 0.29) is 24.0 Å². The molecule has 138 valence electrons. The van der Waals surface area contributed by atoms with Gasteiger partial charge in [0.05, 0.1) is 12.6 Å². The van der Waals surface area contributed by atoms with Gasteiger partial charge < -0.3 is 15.4 Å². The number of nitrogens with zero attached hydrogens (tertiary/aromatic N) is 1. The molecule has 2 aliphatic heterocycles. The predicted octanol–water partition coefficient (Wildman–Crippen LogP) is 3.40. The lowest BCUT2D eigenvalue weighted by atomic mass is 9.54. The fourth-order valence-electron chi connectivity index (χ4n) is 5.35. The zero-order valence-electron chi connectivity index (χ0n) is 14.8. The fraction of sp³-hybridized carbons (Fsp3) is 0.944. The van der Waals surface area contributed by atoms with Crippen molar-refractivity contribution in [3.05, 3.63) is 0 Å². The maximum Gasteiger partial charge on any atom is 0.191 e. The van der Waals surface area contributed by atoms with Crippen molar-refractivity contribution in [2.75, 3.05) is 25.4 Å². The van der Waals surface area contributed by atoms with Crippen molar-refractivity contribution in [1.82, 2.24) is 10.6 Å². The van der Waals surface area contributed by atoms with Crippen LogP contribution in [-0.4, -0.2) is 48.8 Å². The number of hydrogen-bond donors (Lipinski definition) is 2. The maximum atomic E-state index is 6.10. The van der Waals surface area contributed by atoms with E-state index >= 15 is 0 Å². The molecule has 4 fully saturated rings. The molecule has 6 heteroatoms. The molecule has 4 unspecified atom stereocenters. The van der Waals surface area contributed by atoms with E-state index in [1.165, 1.54) is 50.7 Å². The summed E-state index contributed by atoms with van der Waals surface area (Å²) in [5.74, 6) is 3.07. The topological polar surface area (TPSA) is 45.7 Å². The summed E-state index contributed by atoms with van der Waals surface area (Å²) in [7, 11) is 0. The van der Waals surface area contributed by atoms with Gasteiger partial charge >= 0.3 is 0 Å². The number of guanidine groups is 1. The Labute approximate surface area is 167 Å². The average molecular weight is 465 g/mol. The Bertz CT molecular complexity index is 450. The lowest BCUT2D eigenvalue weighted by Crippen LogP contribution is -2.69. The number of aliphatic imine (C=N–C) groups is 1. The second kappa shape index (κ2) is 8.33. The van der Waals surface area contributed by atoms with Gasteiger partial charge in [-0.1, -0.05) is 12.8 Å². The van der Waals surface area contributed by atoms with E-state index in [1.54, 1.807) is 0 Å². The van der Waals surface area contributed by atoms with Gasteiger partial charge in [0, 0.05) is 35.8 Å². The second-order valence-electron chi connectivity index (χ2n) is 7.66. The van der Waals surface area contributed by atoms with Gasteiger partial charge in [0.25, 0.3) is 0 Å². The Morgan fingerprint density at radius 3 is 2.79 bits per heavy atom. The number of nitrogens with one attached hydrogen (secondary N) is 2. The molecule has 24 heavy (non-hydrogen) atoms. The summed E-state index contributed by atoms with van der Waals surface area (Å²) in [6, 6.07) is 0.575. The maximum absolute atomic E-state index is 6.10. The average Bonchev–Trinajstić information content (AvgIpc) is 3.30. The summed E-state index contributed by atoms with van der Waals surface area (Å²) in [6.07, 6.45) is 9.86. The third-order valence-electron chi connectivity index (χ3n) is 6.40. The van der Waals surface area contributed by atoms with Crippen LogP contribution in [0.25, 0.3) is 0 Å². The molecule has 0 bridgehead atoms. The molecule has 0 amide bonds. The first-order chi connectivity index (χ1) is 11.3. The van der Waals surface area contributed by atoms with Crippen LogP contribution in [0.4, 0.5) is 0 Å². The Morgan fingerprint density at radius 1 is 1.25 bits per heavy atom. The largest absolute Gasteiger partial charge is 0.377 e. The summed E-state index contributed by atoms with van der Waals surface area (Å²) >= 11 is 2.09. The van der Waals surface area contributed by atoms with E-state index < -0.39 is 0 Å². The monoisotopic (exact) mass is 465 g/mol. The van der Waals surface area contributed by atoms with E-state index in [4.69, 9.17) is 9.73 Å². The van der Waals surface area contributed by atoms with E-state index in [0.717, 1.165) is 30.9 Å². The number of halogens is 1. The number of thioether (sulfide) groups is 1. The predicted molar refractivity (Wildman–Crippen MR) is 113 cm³/mol. The van der Waals surface area contributed by atoms with Gasteiger partial charge in [0.2, 0.25) is 0 Å². The SMILES string of the molecule is CCNC(=NCC1CCCS1)NC1C2CCOC2C12CCCC2.I. The minimum Gasteiger partial charge on any atom is -0.377 e. The molecule has 4 rings (SSSR count). The van der Waals surface area contributed by atoms with Crippen LogP contribution in [-0.2, 0) is 4.74 Å². The van der Waals surface area contributed by atoms with E-state index in [9.17, 15) is 0 Å². The van der Waals surface area contributed by atoms with Gasteiger partial charge in [0.15, 0.2) is 5.96 Å². The molecule has 4 nitrogen and oxygen atoms in total. The Hall–Kier alpha value is 0.310. The molecular formula is C18H32IN3OS. The molecule has 0 aromatic rings. The van der Waals surface area contributed by atoms with Gasteiger partial charge in [-0.3, -0.25) is 4.99 Å². The summed E-state index contributed by atoms with van der Waals surface area (Å²) in [6.45, 7) is 5.02. The summed E-state index contributed by atoms with van der Waals surface area (Å²) < 4.78 is 6.10. The third-order valence-corrected chi connectivity index (χ3v) is 7.78. The minimum absolute atomic E-state index is 0. The lowest BCUT2D eigenvalue weighted by molar-refractivity contribution is -0.125. The quantitative estimate of drug-likeness (QED) is 0.380. The van der Waals surface area contributed by atoms with Crippen molar-refractivity contribution in [1.29, 1.82) is 0 Å². The number of ether oxygens (including phenoxy) is 1. The zero-order chi connectivity index (χ0) is 15.7. The molecule has 2 N–H and O–H groups in total. The Balaban J connectivity index is 0.00000169. The summed E-state index contributed by atoms with van der Waals surface area (Å²) in [5.41, 5.74) is 0.402. The molecule has 4 aliphatic rings. The van der Waals surface area contributed by atoms with Crippen LogP contribution in [0.5, 0.6) is 0 Å². The molecular weight excluding hydrogens is 433 g/mol. The summed E-state index contributed by atoms with van der Waals surface area (Å²) in [4.78, 5) is 4.92. The minimum atomic E-state index is 0. The molecule has 0 radical (unpaired) electrons.